The number of nitrogens with zero attached hydrogens (tertiary/aromatic N) is 1. The fourth-order valence-electron chi connectivity index (χ4n) is 3.67. The van der Waals surface area contributed by atoms with Crippen molar-refractivity contribution >= 4 is 17.6 Å². The van der Waals surface area contributed by atoms with E-state index >= 15 is 0 Å². The number of alkyl halides is 3. The number of aliphatic imine (C=N–C) groups is 1. The molecule has 1 heterocycles. The van der Waals surface area contributed by atoms with E-state index in [1.54, 1.807) is 13.1 Å². The van der Waals surface area contributed by atoms with E-state index in [0.717, 1.165) is 23.6 Å². The Bertz CT molecular complexity index is 1670. The Morgan fingerprint density at radius 2 is 1.41 bits per heavy atom. The minimum Gasteiger partial charge on any atom is -0.346 e. The molecule has 0 spiro atoms. The maximum Gasteiger partial charge on any atom is 0.458 e. The van der Waals surface area contributed by atoms with Crippen molar-refractivity contribution in [2.75, 3.05) is 0 Å². The second kappa shape index (κ2) is 9.69. The molecule has 37 heavy (non-hydrogen) atoms. The Labute approximate surface area is 202 Å². The van der Waals surface area contributed by atoms with Crippen LogP contribution in [-0.2, 0) is 0 Å². The molecule has 190 valence electrons. The van der Waals surface area contributed by atoms with Crippen molar-refractivity contribution in [3.8, 4) is 11.8 Å². The molecule has 1 aliphatic carbocycles. The van der Waals surface area contributed by atoms with Crippen LogP contribution >= 0.6 is 0 Å². The van der Waals surface area contributed by atoms with Gasteiger partial charge in [-0.15, -0.1) is 0 Å². The predicted molar refractivity (Wildman–Crippen MR) is 118 cm³/mol. The van der Waals surface area contributed by atoms with Crippen LogP contribution in [0.4, 0.5) is 39.5 Å². The number of rotatable bonds is 0. The maximum absolute atomic E-state index is 14.9. The molecule has 11 heteroatoms. The first-order chi connectivity index (χ1) is 17.3. The van der Waals surface area contributed by atoms with E-state index < -0.39 is 74.3 Å². The molecular formula is C26H13F9N2. The molecule has 0 unspecified atom stereocenters. The molecule has 0 amide bonds. The number of hydrogen-bond donors (Lipinski definition) is 1. The van der Waals surface area contributed by atoms with Crippen LogP contribution in [0.3, 0.4) is 0 Å². The van der Waals surface area contributed by atoms with Crippen LogP contribution in [0, 0.1) is 45.5 Å². The van der Waals surface area contributed by atoms with E-state index in [1.165, 1.54) is 12.1 Å². The van der Waals surface area contributed by atoms with Gasteiger partial charge in [-0.05, 0) is 53.6 Å². The molecule has 1 N–H and O–H groups in total. The van der Waals surface area contributed by atoms with E-state index in [9.17, 15) is 39.5 Å². The van der Waals surface area contributed by atoms with Gasteiger partial charge in [0.15, 0.2) is 0 Å². The van der Waals surface area contributed by atoms with Crippen LogP contribution < -0.4 is 15.8 Å². The number of allylic oxidation sites excluding steroid dienone is 5. The molecule has 4 rings (SSSR count). The Kier molecular flexibility index (Phi) is 6.78. The first-order valence-electron chi connectivity index (χ1n) is 10.4. The van der Waals surface area contributed by atoms with E-state index in [1.807, 2.05) is 0 Å². The lowest BCUT2D eigenvalue weighted by molar-refractivity contribution is -0.0696. The third-order valence-electron chi connectivity index (χ3n) is 5.29. The first kappa shape index (κ1) is 25.9. The number of hydrogen-bond acceptors (Lipinski definition) is 2. The topological polar surface area (TPSA) is 24.4 Å². The molecule has 0 fully saturated rings. The van der Waals surface area contributed by atoms with Crippen LogP contribution in [0.5, 0.6) is 0 Å². The molecule has 2 aromatic rings. The summed E-state index contributed by atoms with van der Waals surface area (Å²) in [4.78, 5) is 4.02. The highest BCUT2D eigenvalue weighted by molar-refractivity contribution is 5.83. The van der Waals surface area contributed by atoms with Gasteiger partial charge in [0.25, 0.3) is 0 Å². The lowest BCUT2D eigenvalue weighted by Crippen LogP contribution is -2.19. The highest BCUT2D eigenvalue weighted by Crippen LogP contribution is 2.31. The van der Waals surface area contributed by atoms with Gasteiger partial charge in [-0.3, -0.25) is 0 Å². The van der Waals surface area contributed by atoms with Gasteiger partial charge in [-0.25, -0.2) is 31.3 Å². The highest BCUT2D eigenvalue weighted by Gasteiger charge is 2.25. The summed E-state index contributed by atoms with van der Waals surface area (Å²) < 4.78 is 125. The Morgan fingerprint density at radius 1 is 0.838 bits per heavy atom. The summed E-state index contributed by atoms with van der Waals surface area (Å²) in [6.45, 7) is 1.74. The van der Waals surface area contributed by atoms with Crippen molar-refractivity contribution in [2.24, 2.45) is 4.99 Å². The average Bonchev–Trinajstić information content (AvgIpc) is 2.77. The van der Waals surface area contributed by atoms with E-state index in [-0.39, 0.29) is 11.0 Å². The Morgan fingerprint density at radius 3 is 1.92 bits per heavy atom. The van der Waals surface area contributed by atoms with Gasteiger partial charge < -0.3 is 5.32 Å². The highest BCUT2D eigenvalue weighted by atomic mass is 19.4. The van der Waals surface area contributed by atoms with Gasteiger partial charge in [0.05, 0.1) is 10.8 Å². The molecule has 2 aliphatic rings. The quantitative estimate of drug-likeness (QED) is 0.364. The largest absolute Gasteiger partial charge is 0.458 e. The molecule has 0 saturated heterocycles. The maximum atomic E-state index is 14.9. The van der Waals surface area contributed by atoms with Gasteiger partial charge in [0.1, 0.15) is 40.7 Å². The van der Waals surface area contributed by atoms with Crippen molar-refractivity contribution in [3.63, 3.8) is 0 Å². The second-order valence-corrected chi connectivity index (χ2v) is 7.99. The fourth-order valence-corrected chi connectivity index (χ4v) is 3.67. The molecular weight excluding hydrogens is 511 g/mol. The smallest absolute Gasteiger partial charge is 0.346 e. The molecule has 2 aromatic carbocycles. The third-order valence-corrected chi connectivity index (χ3v) is 5.29. The third kappa shape index (κ3) is 5.48. The molecule has 2 nitrogen and oxygen atoms in total. The number of nitrogens with one attached hydrogen (secondary N) is 1. The minimum absolute atomic E-state index is 0.0291. The summed E-state index contributed by atoms with van der Waals surface area (Å²) in [5.41, 5.74) is -1.01. The Balaban J connectivity index is 1.88. The second-order valence-electron chi connectivity index (χ2n) is 7.99. The van der Waals surface area contributed by atoms with Crippen LogP contribution in [0.2, 0.25) is 0 Å². The molecule has 0 radical (unpaired) electrons. The van der Waals surface area contributed by atoms with E-state index in [0.29, 0.717) is 18.2 Å². The average molecular weight is 524 g/mol. The van der Waals surface area contributed by atoms with E-state index in [4.69, 9.17) is 0 Å². The van der Waals surface area contributed by atoms with Crippen molar-refractivity contribution in [2.45, 2.75) is 19.5 Å². The summed E-state index contributed by atoms with van der Waals surface area (Å²) in [6.07, 6.45) is -2.50. The zero-order valence-corrected chi connectivity index (χ0v) is 18.6. The number of halogens is 9. The predicted octanol–water partition coefficient (Wildman–Crippen LogP) is 5.37. The summed E-state index contributed by atoms with van der Waals surface area (Å²) in [7, 11) is 0. The van der Waals surface area contributed by atoms with Gasteiger partial charge in [-0.1, -0.05) is 5.92 Å². The van der Waals surface area contributed by atoms with Crippen molar-refractivity contribution < 1.29 is 39.5 Å². The molecule has 0 atom stereocenters. The lowest BCUT2D eigenvalue weighted by Gasteiger charge is -2.11. The van der Waals surface area contributed by atoms with Crippen LogP contribution in [0.25, 0.3) is 11.4 Å². The first-order valence-corrected chi connectivity index (χ1v) is 10.4. The van der Waals surface area contributed by atoms with Crippen LogP contribution in [0.15, 0.2) is 64.3 Å². The molecule has 0 saturated carbocycles. The molecule has 0 bridgehead atoms. The lowest BCUT2D eigenvalue weighted by atomic mass is 9.97. The fraction of sp³-hybridized carbons (Fsp3) is 0.115. The van der Waals surface area contributed by atoms with E-state index in [2.05, 4.69) is 10.3 Å². The number of benzene rings is 2. The normalized spacial score (nSPS) is 15.7. The monoisotopic (exact) mass is 524 g/mol. The van der Waals surface area contributed by atoms with Crippen molar-refractivity contribution in [3.05, 3.63) is 103 Å². The van der Waals surface area contributed by atoms with Gasteiger partial charge in [0.2, 0.25) is 0 Å². The zero-order valence-electron chi connectivity index (χ0n) is 18.6. The summed E-state index contributed by atoms with van der Waals surface area (Å²) in [5, 5.41) is 0.581. The van der Waals surface area contributed by atoms with Crippen molar-refractivity contribution in [1.82, 2.24) is 5.32 Å². The summed E-state index contributed by atoms with van der Waals surface area (Å²) in [6, 6.07) is 2.98. The molecule has 0 aromatic heterocycles. The molecule has 1 aliphatic heterocycles. The Hall–Kier alpha value is -4.20. The minimum atomic E-state index is -5.01. The SMILES string of the molecule is CC1=CNC(=c2cc(F)c(=c3cc(F)c(=C4C=C(F)C(C#CC(F)(F)F)=C(F)C4)c(F)c3)c(F)c2)N=C1. The standard InChI is InChI=1S/C26H13F9N2/c1-12-10-36-25(37-11-12)15-8-21(31)24(22(32)9-15)14-6-19(29)23(20(30)7-14)13-4-17(27)16(18(28)5-13)2-3-26(33,34)35/h4,6-11,36H,5H2,1H3. The van der Waals surface area contributed by atoms with Gasteiger partial charge in [-0.2, -0.15) is 13.2 Å². The van der Waals surface area contributed by atoms with Crippen LogP contribution in [0.1, 0.15) is 13.3 Å². The van der Waals surface area contributed by atoms with Crippen LogP contribution in [-0.4, -0.2) is 12.4 Å². The van der Waals surface area contributed by atoms with Crippen molar-refractivity contribution in [1.29, 1.82) is 0 Å². The zero-order chi connectivity index (χ0) is 27.1. The summed E-state index contributed by atoms with van der Waals surface area (Å²) >= 11 is 0. The van der Waals surface area contributed by atoms with Gasteiger partial charge in [0, 0.05) is 35.2 Å². The summed E-state index contributed by atoms with van der Waals surface area (Å²) in [5.74, 6) is -5.97. The van der Waals surface area contributed by atoms with Gasteiger partial charge >= 0.3 is 6.18 Å².